The predicted molar refractivity (Wildman–Crippen MR) is 85.1 cm³/mol. The highest BCUT2D eigenvalue weighted by molar-refractivity contribution is 6.42. The molecule has 1 aliphatic rings. The summed E-state index contributed by atoms with van der Waals surface area (Å²) in [6.07, 6.45) is 0. The Labute approximate surface area is 135 Å². The van der Waals surface area contributed by atoms with Crippen molar-refractivity contribution in [1.29, 1.82) is 0 Å². The molecule has 2 atom stereocenters. The van der Waals surface area contributed by atoms with E-state index in [0.29, 0.717) is 21.7 Å². The van der Waals surface area contributed by atoms with Crippen molar-refractivity contribution in [2.24, 2.45) is 0 Å². The minimum absolute atomic E-state index is 0.341. The smallest absolute Gasteiger partial charge is 0.325 e. The van der Waals surface area contributed by atoms with Crippen LogP contribution in [0.15, 0.2) is 18.2 Å². The fourth-order valence-electron chi connectivity index (χ4n) is 2.92. The second-order valence-electron chi connectivity index (χ2n) is 5.39. The molecule has 4 nitrogen and oxygen atoms in total. The van der Waals surface area contributed by atoms with E-state index in [2.05, 4.69) is 18.7 Å². The highest BCUT2D eigenvalue weighted by Gasteiger charge is 2.32. The summed E-state index contributed by atoms with van der Waals surface area (Å²) in [6.45, 7) is 7.58. The van der Waals surface area contributed by atoms with Crippen molar-refractivity contribution >= 4 is 29.2 Å². The van der Waals surface area contributed by atoms with Gasteiger partial charge in [0, 0.05) is 25.7 Å². The highest BCUT2D eigenvalue weighted by atomic mass is 35.5. The van der Waals surface area contributed by atoms with Crippen LogP contribution in [0.5, 0.6) is 0 Å². The van der Waals surface area contributed by atoms with Crippen LogP contribution in [0, 0.1) is 0 Å². The topological polar surface area (TPSA) is 43.8 Å². The van der Waals surface area contributed by atoms with Gasteiger partial charge in [0.25, 0.3) is 0 Å². The molecule has 1 N–H and O–H groups in total. The molecule has 0 aromatic heterocycles. The maximum absolute atomic E-state index is 11.7. The lowest BCUT2D eigenvalue weighted by Crippen LogP contribution is -2.53. The van der Waals surface area contributed by atoms with Crippen molar-refractivity contribution in [1.82, 2.24) is 9.80 Å². The molecule has 0 aliphatic carbocycles. The fraction of sp³-hybridized carbons (Fsp3) is 0.533. The summed E-state index contributed by atoms with van der Waals surface area (Å²) >= 11 is 11.9. The molecule has 0 saturated carbocycles. The Balaban J connectivity index is 2.23. The van der Waals surface area contributed by atoms with E-state index in [-0.39, 0.29) is 0 Å². The monoisotopic (exact) mass is 330 g/mol. The molecule has 0 bridgehead atoms. The van der Waals surface area contributed by atoms with E-state index in [1.807, 2.05) is 4.90 Å². The van der Waals surface area contributed by atoms with Crippen molar-refractivity contribution in [2.75, 3.05) is 26.2 Å². The van der Waals surface area contributed by atoms with Gasteiger partial charge < -0.3 is 5.11 Å². The van der Waals surface area contributed by atoms with Crippen LogP contribution in [0.2, 0.25) is 10.0 Å². The van der Waals surface area contributed by atoms with E-state index in [0.717, 1.165) is 26.2 Å². The van der Waals surface area contributed by atoms with E-state index < -0.39 is 12.0 Å². The van der Waals surface area contributed by atoms with Gasteiger partial charge in [0.15, 0.2) is 0 Å². The summed E-state index contributed by atoms with van der Waals surface area (Å²) in [5, 5.41) is 10.4. The van der Waals surface area contributed by atoms with Crippen LogP contribution in [0.25, 0.3) is 0 Å². The normalized spacial score (nSPS) is 22.2. The number of rotatable bonds is 4. The maximum atomic E-state index is 11.7. The summed E-state index contributed by atoms with van der Waals surface area (Å²) in [5.41, 5.74) is 0.675. The van der Waals surface area contributed by atoms with Gasteiger partial charge in [-0.1, -0.05) is 36.2 Å². The van der Waals surface area contributed by atoms with Crippen LogP contribution in [-0.4, -0.2) is 53.1 Å². The summed E-state index contributed by atoms with van der Waals surface area (Å²) in [7, 11) is 0. The number of carboxylic acids is 1. The molecule has 21 heavy (non-hydrogen) atoms. The molecular weight excluding hydrogens is 311 g/mol. The number of nitrogens with zero attached hydrogens (tertiary/aromatic N) is 2. The molecule has 1 fully saturated rings. The van der Waals surface area contributed by atoms with Gasteiger partial charge in [-0.2, -0.15) is 0 Å². The lowest BCUT2D eigenvalue weighted by Gasteiger charge is -2.41. The van der Waals surface area contributed by atoms with Gasteiger partial charge in [-0.3, -0.25) is 14.6 Å². The van der Waals surface area contributed by atoms with Crippen molar-refractivity contribution in [3.8, 4) is 0 Å². The second-order valence-corrected chi connectivity index (χ2v) is 6.20. The largest absolute Gasteiger partial charge is 0.480 e. The van der Waals surface area contributed by atoms with Crippen molar-refractivity contribution in [3.63, 3.8) is 0 Å². The zero-order chi connectivity index (χ0) is 15.6. The van der Waals surface area contributed by atoms with Gasteiger partial charge in [0.05, 0.1) is 10.0 Å². The highest BCUT2D eigenvalue weighted by Crippen LogP contribution is 2.30. The number of carboxylic acid groups (broad SMARTS) is 1. The third-order valence-electron chi connectivity index (χ3n) is 4.06. The first-order chi connectivity index (χ1) is 9.93. The average Bonchev–Trinajstić information content (AvgIpc) is 2.43. The Hall–Kier alpha value is -0.810. The molecule has 1 aromatic rings. The van der Waals surface area contributed by atoms with E-state index in [1.165, 1.54) is 0 Å². The molecule has 2 rings (SSSR count). The zero-order valence-corrected chi connectivity index (χ0v) is 13.7. The minimum Gasteiger partial charge on any atom is -0.480 e. The summed E-state index contributed by atoms with van der Waals surface area (Å²) in [5.74, 6) is -0.856. The van der Waals surface area contributed by atoms with Crippen molar-refractivity contribution in [3.05, 3.63) is 33.8 Å². The van der Waals surface area contributed by atoms with Crippen LogP contribution in [-0.2, 0) is 4.79 Å². The van der Waals surface area contributed by atoms with Crippen LogP contribution >= 0.6 is 23.2 Å². The molecule has 6 heteroatoms. The third-order valence-corrected chi connectivity index (χ3v) is 4.80. The van der Waals surface area contributed by atoms with E-state index >= 15 is 0 Å². The van der Waals surface area contributed by atoms with Gasteiger partial charge in [0.2, 0.25) is 0 Å². The third kappa shape index (κ3) is 3.69. The Kier molecular flexibility index (Phi) is 5.49. The Morgan fingerprint density at radius 1 is 1.38 bits per heavy atom. The molecule has 1 aliphatic heterocycles. The van der Waals surface area contributed by atoms with Crippen LogP contribution in [0.3, 0.4) is 0 Å². The first-order valence-electron chi connectivity index (χ1n) is 7.10. The molecule has 0 amide bonds. The number of hydrogen-bond donors (Lipinski definition) is 1. The summed E-state index contributed by atoms with van der Waals surface area (Å²) in [6, 6.07) is 4.71. The number of hydrogen-bond acceptors (Lipinski definition) is 3. The number of likely N-dealkylation sites (N-methyl/N-ethyl adjacent to an activating group) is 1. The van der Waals surface area contributed by atoms with Crippen LogP contribution in [0.1, 0.15) is 25.5 Å². The van der Waals surface area contributed by atoms with Gasteiger partial charge in [-0.25, -0.2) is 0 Å². The molecule has 1 saturated heterocycles. The van der Waals surface area contributed by atoms with Crippen molar-refractivity contribution < 1.29 is 9.90 Å². The number of benzene rings is 1. The molecule has 1 aromatic carbocycles. The first-order valence-corrected chi connectivity index (χ1v) is 7.85. The molecule has 0 spiro atoms. The Morgan fingerprint density at radius 2 is 2.10 bits per heavy atom. The van der Waals surface area contributed by atoms with Gasteiger partial charge in [-0.15, -0.1) is 0 Å². The molecule has 0 radical (unpaired) electrons. The van der Waals surface area contributed by atoms with E-state index in [1.54, 1.807) is 18.2 Å². The molecule has 116 valence electrons. The predicted octanol–water partition coefficient (Wildman–Crippen LogP) is 3.15. The summed E-state index contributed by atoms with van der Waals surface area (Å²) < 4.78 is 0. The lowest BCUT2D eigenvalue weighted by molar-refractivity contribution is -0.144. The minimum atomic E-state index is -0.856. The molecular formula is C15H20Cl2N2O2. The summed E-state index contributed by atoms with van der Waals surface area (Å²) in [4.78, 5) is 16.1. The number of aliphatic carboxylic acids is 1. The van der Waals surface area contributed by atoms with Crippen LogP contribution in [0.4, 0.5) is 0 Å². The fourth-order valence-corrected chi connectivity index (χ4v) is 3.23. The Morgan fingerprint density at radius 3 is 2.62 bits per heavy atom. The van der Waals surface area contributed by atoms with Gasteiger partial charge in [-0.05, 0) is 31.2 Å². The van der Waals surface area contributed by atoms with Gasteiger partial charge in [0.1, 0.15) is 6.04 Å². The maximum Gasteiger partial charge on any atom is 0.325 e. The number of piperazine rings is 1. The second kappa shape index (κ2) is 6.97. The van der Waals surface area contributed by atoms with E-state index in [9.17, 15) is 9.90 Å². The first kappa shape index (κ1) is 16.6. The molecule has 1 heterocycles. The van der Waals surface area contributed by atoms with Crippen LogP contribution < -0.4 is 0 Å². The van der Waals surface area contributed by atoms with Crippen molar-refractivity contribution in [2.45, 2.75) is 25.9 Å². The SMILES string of the molecule is CCN1CCN(C(C(=O)O)c2ccc(Cl)c(Cl)c2)CC1C. The quantitative estimate of drug-likeness (QED) is 0.921. The standard InChI is InChI=1S/C15H20Cl2N2O2/c1-3-18-6-7-19(9-10(18)2)14(15(20)21)11-4-5-12(16)13(17)8-11/h4-5,8,10,14H,3,6-7,9H2,1-2H3,(H,20,21). The molecule has 2 unspecified atom stereocenters. The number of carbonyl (C=O) groups is 1. The van der Waals surface area contributed by atoms with Gasteiger partial charge >= 0.3 is 5.97 Å². The average molecular weight is 331 g/mol. The number of halogens is 2. The zero-order valence-electron chi connectivity index (χ0n) is 12.2. The van der Waals surface area contributed by atoms with E-state index in [4.69, 9.17) is 23.2 Å². The Bertz CT molecular complexity index is 524. The lowest BCUT2D eigenvalue weighted by atomic mass is 10.0.